The van der Waals surface area contributed by atoms with Gasteiger partial charge in [0.1, 0.15) is 6.26 Å². The van der Waals surface area contributed by atoms with Crippen LogP contribution in [0.2, 0.25) is 0 Å². The maximum absolute atomic E-state index is 10.7. The summed E-state index contributed by atoms with van der Waals surface area (Å²) in [5.41, 5.74) is -0.0173. The van der Waals surface area contributed by atoms with Crippen LogP contribution in [0.15, 0.2) is 10.7 Å². The smallest absolute Gasteiger partial charge is 0.357 e. The van der Waals surface area contributed by atoms with Crippen molar-refractivity contribution < 1.29 is 14.3 Å². The minimum atomic E-state index is -1.04. The number of anilines is 1. The summed E-state index contributed by atoms with van der Waals surface area (Å²) in [7, 11) is 0. The van der Waals surface area contributed by atoms with Crippen LogP contribution < -0.4 is 4.90 Å². The lowest BCUT2D eigenvalue weighted by atomic mass is 9.98. The van der Waals surface area contributed by atoms with Crippen LogP contribution in [0, 0.1) is 5.92 Å². The van der Waals surface area contributed by atoms with Crippen LogP contribution in [0.3, 0.4) is 0 Å². The van der Waals surface area contributed by atoms with Crippen LogP contribution in [-0.2, 0) is 0 Å². The lowest BCUT2D eigenvalue weighted by Gasteiger charge is -2.17. The van der Waals surface area contributed by atoms with Gasteiger partial charge in [-0.3, -0.25) is 0 Å². The molecule has 1 fully saturated rings. The maximum Gasteiger partial charge on any atom is 0.357 e. The molecule has 1 aliphatic rings. The first-order chi connectivity index (χ1) is 8.20. The molecule has 94 valence electrons. The number of rotatable bonds is 3. The van der Waals surface area contributed by atoms with Crippen LogP contribution >= 0.6 is 0 Å². The van der Waals surface area contributed by atoms with Crippen molar-refractivity contribution in [1.82, 2.24) is 4.98 Å². The maximum atomic E-state index is 10.7. The van der Waals surface area contributed by atoms with Crippen molar-refractivity contribution in [3.05, 3.63) is 12.0 Å². The van der Waals surface area contributed by atoms with Crippen LogP contribution in [0.1, 0.15) is 43.1 Å². The molecule has 1 unspecified atom stereocenters. The summed E-state index contributed by atoms with van der Waals surface area (Å²) in [5.74, 6) is -0.268. The first-order valence-corrected chi connectivity index (χ1v) is 6.14. The zero-order chi connectivity index (χ0) is 12.3. The molecule has 5 heteroatoms. The zero-order valence-corrected chi connectivity index (χ0v) is 10.1. The summed E-state index contributed by atoms with van der Waals surface area (Å²) in [5, 5.41) is 8.79. The normalized spacial score (nSPS) is 21.2. The SMILES string of the molecule is CCC1CCCN(c2nc(C(=O)O)co2)CC1. The Hall–Kier alpha value is -1.52. The fourth-order valence-electron chi connectivity index (χ4n) is 2.27. The van der Waals surface area contributed by atoms with E-state index in [9.17, 15) is 4.79 Å². The second kappa shape index (κ2) is 5.21. The van der Waals surface area contributed by atoms with E-state index in [1.54, 1.807) is 0 Å². The molecule has 1 aliphatic heterocycles. The van der Waals surface area contributed by atoms with Gasteiger partial charge in [0.05, 0.1) is 0 Å². The number of hydrogen-bond donors (Lipinski definition) is 1. The number of oxazole rings is 1. The monoisotopic (exact) mass is 238 g/mol. The number of aromatic carboxylic acids is 1. The first kappa shape index (κ1) is 12.0. The van der Waals surface area contributed by atoms with E-state index in [-0.39, 0.29) is 5.69 Å². The highest BCUT2D eigenvalue weighted by molar-refractivity contribution is 5.85. The topological polar surface area (TPSA) is 66.6 Å². The Morgan fingerprint density at radius 3 is 3.06 bits per heavy atom. The van der Waals surface area contributed by atoms with Crippen LogP contribution in [0.4, 0.5) is 6.01 Å². The minimum Gasteiger partial charge on any atom is -0.476 e. The summed E-state index contributed by atoms with van der Waals surface area (Å²) < 4.78 is 5.22. The van der Waals surface area contributed by atoms with E-state index >= 15 is 0 Å². The van der Waals surface area contributed by atoms with E-state index in [0.717, 1.165) is 31.8 Å². The molecule has 1 aromatic heterocycles. The molecular formula is C12H18N2O3. The second-order valence-electron chi connectivity index (χ2n) is 4.51. The van der Waals surface area contributed by atoms with Gasteiger partial charge in [0.15, 0.2) is 5.69 Å². The van der Waals surface area contributed by atoms with E-state index in [4.69, 9.17) is 9.52 Å². The molecule has 2 heterocycles. The largest absolute Gasteiger partial charge is 0.476 e. The van der Waals surface area contributed by atoms with Crippen LogP contribution in [0.5, 0.6) is 0 Å². The van der Waals surface area contributed by atoms with Crippen molar-refractivity contribution >= 4 is 12.0 Å². The average Bonchev–Trinajstić information content (AvgIpc) is 2.68. The Morgan fingerprint density at radius 2 is 2.41 bits per heavy atom. The number of carboxylic acid groups (broad SMARTS) is 1. The van der Waals surface area contributed by atoms with Gasteiger partial charge in [-0.05, 0) is 25.2 Å². The summed E-state index contributed by atoms with van der Waals surface area (Å²) in [4.78, 5) is 16.8. The Kier molecular flexibility index (Phi) is 3.66. The van der Waals surface area contributed by atoms with Crippen LogP contribution in [-0.4, -0.2) is 29.1 Å². The van der Waals surface area contributed by atoms with Crippen molar-refractivity contribution in [3.63, 3.8) is 0 Å². The minimum absolute atomic E-state index is 0.0173. The van der Waals surface area contributed by atoms with Crippen LogP contribution in [0.25, 0.3) is 0 Å². The quantitative estimate of drug-likeness (QED) is 0.875. The Bertz CT molecular complexity index is 389. The van der Waals surface area contributed by atoms with E-state index in [1.807, 2.05) is 4.90 Å². The zero-order valence-electron chi connectivity index (χ0n) is 10.1. The van der Waals surface area contributed by atoms with Crippen molar-refractivity contribution in [2.24, 2.45) is 5.92 Å². The Morgan fingerprint density at radius 1 is 1.59 bits per heavy atom. The van der Waals surface area contributed by atoms with Gasteiger partial charge in [0.25, 0.3) is 6.01 Å². The molecule has 1 atom stereocenters. The summed E-state index contributed by atoms with van der Waals surface area (Å²) >= 11 is 0. The molecule has 0 radical (unpaired) electrons. The molecule has 5 nitrogen and oxygen atoms in total. The molecular weight excluding hydrogens is 220 g/mol. The van der Waals surface area contributed by atoms with Gasteiger partial charge in [-0.1, -0.05) is 13.3 Å². The standard InChI is InChI=1S/C12H18N2O3/c1-2-9-4-3-6-14(7-5-9)12-13-10(8-17-12)11(15)16/h8-9H,2-7H2,1H3,(H,15,16). The van der Waals surface area contributed by atoms with Gasteiger partial charge in [0.2, 0.25) is 0 Å². The van der Waals surface area contributed by atoms with Gasteiger partial charge in [-0.15, -0.1) is 0 Å². The predicted octanol–water partition coefficient (Wildman–Crippen LogP) is 2.39. The molecule has 0 amide bonds. The Labute approximate surface area is 100 Å². The van der Waals surface area contributed by atoms with E-state index in [1.165, 1.54) is 19.1 Å². The summed E-state index contributed by atoms with van der Waals surface area (Å²) in [6.07, 6.45) is 5.89. The summed E-state index contributed by atoms with van der Waals surface area (Å²) in [6, 6.07) is 0.444. The third-order valence-corrected chi connectivity index (χ3v) is 3.41. The van der Waals surface area contributed by atoms with Gasteiger partial charge >= 0.3 is 5.97 Å². The van der Waals surface area contributed by atoms with Gasteiger partial charge < -0.3 is 14.4 Å². The number of hydrogen-bond acceptors (Lipinski definition) is 4. The highest BCUT2D eigenvalue weighted by Crippen LogP contribution is 2.23. The number of carboxylic acids is 1. The first-order valence-electron chi connectivity index (χ1n) is 6.14. The molecule has 1 N–H and O–H groups in total. The third-order valence-electron chi connectivity index (χ3n) is 3.41. The number of nitrogens with zero attached hydrogens (tertiary/aromatic N) is 2. The highest BCUT2D eigenvalue weighted by Gasteiger charge is 2.20. The fourth-order valence-corrected chi connectivity index (χ4v) is 2.27. The molecule has 0 saturated carbocycles. The molecule has 2 rings (SSSR count). The van der Waals surface area contributed by atoms with E-state index < -0.39 is 5.97 Å². The van der Waals surface area contributed by atoms with E-state index in [2.05, 4.69) is 11.9 Å². The molecule has 0 aromatic carbocycles. The van der Waals surface area contributed by atoms with E-state index in [0.29, 0.717) is 6.01 Å². The molecule has 0 aliphatic carbocycles. The lowest BCUT2D eigenvalue weighted by molar-refractivity contribution is 0.0690. The average molecular weight is 238 g/mol. The van der Waals surface area contributed by atoms with Crippen molar-refractivity contribution in [2.45, 2.75) is 32.6 Å². The van der Waals surface area contributed by atoms with Crippen molar-refractivity contribution in [3.8, 4) is 0 Å². The lowest BCUT2D eigenvalue weighted by Crippen LogP contribution is -2.24. The van der Waals surface area contributed by atoms with Gasteiger partial charge in [0, 0.05) is 13.1 Å². The summed E-state index contributed by atoms with van der Waals surface area (Å²) in [6.45, 7) is 4.02. The molecule has 0 spiro atoms. The van der Waals surface area contributed by atoms with Crippen molar-refractivity contribution in [1.29, 1.82) is 0 Å². The Balaban J connectivity index is 2.03. The number of aromatic nitrogens is 1. The third kappa shape index (κ3) is 2.78. The van der Waals surface area contributed by atoms with Gasteiger partial charge in [-0.25, -0.2) is 4.79 Å². The second-order valence-corrected chi connectivity index (χ2v) is 4.51. The number of carbonyl (C=O) groups is 1. The fraction of sp³-hybridized carbons (Fsp3) is 0.667. The molecule has 0 bridgehead atoms. The van der Waals surface area contributed by atoms with Gasteiger partial charge in [-0.2, -0.15) is 4.98 Å². The molecule has 17 heavy (non-hydrogen) atoms. The highest BCUT2D eigenvalue weighted by atomic mass is 16.4. The van der Waals surface area contributed by atoms with Crippen molar-refractivity contribution in [2.75, 3.05) is 18.0 Å². The molecule has 1 aromatic rings. The predicted molar refractivity (Wildman–Crippen MR) is 63.3 cm³/mol. The molecule has 1 saturated heterocycles.